The Hall–Kier alpha value is -1.58. The van der Waals surface area contributed by atoms with E-state index in [9.17, 15) is 14.4 Å². The van der Waals surface area contributed by atoms with E-state index in [-0.39, 0.29) is 17.6 Å². The van der Waals surface area contributed by atoms with Gasteiger partial charge in [0, 0.05) is 0 Å². The summed E-state index contributed by atoms with van der Waals surface area (Å²) in [5, 5.41) is 1.77. The number of thioether (sulfide) groups is 1. The summed E-state index contributed by atoms with van der Waals surface area (Å²) in [6, 6.07) is 2.74. The van der Waals surface area contributed by atoms with Gasteiger partial charge in [0.05, 0.1) is 17.7 Å². The molecule has 0 bridgehead atoms. The molecule has 21 heavy (non-hydrogen) atoms. The van der Waals surface area contributed by atoms with Gasteiger partial charge in [-0.15, -0.1) is 11.3 Å². The third-order valence-electron chi connectivity index (χ3n) is 2.37. The standard InChI is InChI=1S/C12H17N3O4S2/c1-19-12(18)8(13)4-6-20-7-10(16)14-15-11(17)9-3-2-5-21-9/h2-3,5,8H,4,6-7,13H2,1H3,(H,14,16)(H,15,17). The molecule has 1 aromatic heterocycles. The number of esters is 1. The highest BCUT2D eigenvalue weighted by molar-refractivity contribution is 7.99. The summed E-state index contributed by atoms with van der Waals surface area (Å²) in [4.78, 5) is 34.6. The SMILES string of the molecule is COC(=O)C(N)CCSCC(=O)NNC(=O)c1cccs1. The number of nitrogens with two attached hydrogens (primary N) is 1. The first-order valence-corrected chi connectivity index (χ1v) is 8.12. The Morgan fingerprint density at radius 2 is 2.19 bits per heavy atom. The number of amides is 2. The van der Waals surface area contributed by atoms with Gasteiger partial charge in [0.2, 0.25) is 5.91 Å². The van der Waals surface area contributed by atoms with Crippen molar-refractivity contribution in [2.75, 3.05) is 18.6 Å². The highest BCUT2D eigenvalue weighted by Crippen LogP contribution is 2.07. The zero-order chi connectivity index (χ0) is 15.7. The molecule has 9 heteroatoms. The summed E-state index contributed by atoms with van der Waals surface area (Å²) < 4.78 is 4.49. The number of rotatable bonds is 7. The normalized spacial score (nSPS) is 11.5. The molecule has 1 aromatic rings. The van der Waals surface area contributed by atoms with E-state index in [4.69, 9.17) is 5.73 Å². The van der Waals surface area contributed by atoms with Crippen LogP contribution in [0.15, 0.2) is 17.5 Å². The number of ether oxygens (including phenoxy) is 1. The lowest BCUT2D eigenvalue weighted by atomic mass is 10.2. The van der Waals surface area contributed by atoms with Gasteiger partial charge in [0.15, 0.2) is 0 Å². The molecule has 0 spiro atoms. The fourth-order valence-electron chi connectivity index (χ4n) is 1.28. The number of methoxy groups -OCH3 is 1. The summed E-state index contributed by atoms with van der Waals surface area (Å²) in [6.45, 7) is 0. The maximum absolute atomic E-state index is 11.5. The van der Waals surface area contributed by atoms with Crippen LogP contribution >= 0.6 is 23.1 Å². The molecule has 0 aliphatic heterocycles. The maximum atomic E-state index is 11.5. The Labute approximate surface area is 130 Å². The quantitative estimate of drug-likeness (QED) is 0.372. The molecule has 1 unspecified atom stereocenters. The minimum Gasteiger partial charge on any atom is -0.468 e. The number of nitrogens with one attached hydrogen (secondary N) is 2. The number of hydrogen-bond donors (Lipinski definition) is 3. The Morgan fingerprint density at radius 1 is 1.43 bits per heavy atom. The van der Waals surface area contributed by atoms with Gasteiger partial charge < -0.3 is 10.5 Å². The van der Waals surface area contributed by atoms with Gasteiger partial charge in [-0.2, -0.15) is 11.8 Å². The van der Waals surface area contributed by atoms with Crippen molar-refractivity contribution in [1.29, 1.82) is 0 Å². The highest BCUT2D eigenvalue weighted by atomic mass is 32.2. The second-order valence-corrected chi connectivity index (χ2v) is 6.00. The molecular weight excluding hydrogens is 314 g/mol. The Bertz CT molecular complexity index is 479. The minimum absolute atomic E-state index is 0.165. The zero-order valence-corrected chi connectivity index (χ0v) is 13.1. The van der Waals surface area contributed by atoms with Gasteiger partial charge in [-0.25, -0.2) is 0 Å². The van der Waals surface area contributed by atoms with Crippen LogP contribution < -0.4 is 16.6 Å². The van der Waals surface area contributed by atoms with E-state index in [1.165, 1.54) is 30.2 Å². The van der Waals surface area contributed by atoms with Crippen LogP contribution in [0.3, 0.4) is 0 Å². The van der Waals surface area contributed by atoms with E-state index >= 15 is 0 Å². The predicted octanol–water partition coefficient (Wildman–Crippen LogP) is 0.133. The average Bonchev–Trinajstić information content (AvgIpc) is 3.02. The molecule has 1 rings (SSSR count). The number of hydrogen-bond acceptors (Lipinski definition) is 7. The van der Waals surface area contributed by atoms with Crippen molar-refractivity contribution in [1.82, 2.24) is 10.9 Å². The molecule has 0 aromatic carbocycles. The molecule has 116 valence electrons. The smallest absolute Gasteiger partial charge is 0.322 e. The van der Waals surface area contributed by atoms with E-state index in [2.05, 4.69) is 15.6 Å². The van der Waals surface area contributed by atoms with Crippen molar-refractivity contribution in [2.45, 2.75) is 12.5 Å². The van der Waals surface area contributed by atoms with Crippen molar-refractivity contribution < 1.29 is 19.1 Å². The third kappa shape index (κ3) is 6.61. The van der Waals surface area contributed by atoms with Crippen LogP contribution in [-0.4, -0.2) is 42.4 Å². The number of carbonyl (C=O) groups excluding carboxylic acids is 3. The summed E-state index contributed by atoms with van der Waals surface area (Å²) >= 11 is 2.60. The minimum atomic E-state index is -0.677. The van der Waals surface area contributed by atoms with Gasteiger partial charge >= 0.3 is 5.97 Å². The molecule has 0 fully saturated rings. The highest BCUT2D eigenvalue weighted by Gasteiger charge is 2.13. The lowest BCUT2D eigenvalue weighted by Crippen LogP contribution is -2.42. The molecule has 7 nitrogen and oxygen atoms in total. The van der Waals surface area contributed by atoms with E-state index in [1.807, 2.05) is 0 Å². The number of carbonyl (C=O) groups is 3. The Kier molecular flexibility index (Phi) is 7.80. The fraction of sp³-hybridized carbons (Fsp3) is 0.417. The molecule has 0 saturated heterocycles. The molecule has 1 atom stereocenters. The third-order valence-corrected chi connectivity index (χ3v) is 4.23. The van der Waals surface area contributed by atoms with Crippen molar-refractivity contribution in [3.05, 3.63) is 22.4 Å². The molecule has 0 radical (unpaired) electrons. The topological polar surface area (TPSA) is 111 Å². The molecule has 0 aliphatic carbocycles. The van der Waals surface area contributed by atoms with Crippen molar-refractivity contribution in [3.8, 4) is 0 Å². The van der Waals surface area contributed by atoms with Gasteiger partial charge in [-0.1, -0.05) is 6.07 Å². The Balaban J connectivity index is 2.12. The van der Waals surface area contributed by atoms with Crippen molar-refractivity contribution in [2.24, 2.45) is 5.73 Å². The largest absolute Gasteiger partial charge is 0.468 e. The second kappa shape index (κ2) is 9.37. The van der Waals surface area contributed by atoms with Gasteiger partial charge in [0.1, 0.15) is 6.04 Å². The average molecular weight is 331 g/mol. The van der Waals surface area contributed by atoms with Crippen LogP contribution in [0.1, 0.15) is 16.1 Å². The van der Waals surface area contributed by atoms with E-state index in [1.54, 1.807) is 17.5 Å². The van der Waals surface area contributed by atoms with E-state index < -0.39 is 12.0 Å². The van der Waals surface area contributed by atoms with Crippen LogP contribution in [0.2, 0.25) is 0 Å². The molecule has 0 aliphatic rings. The van der Waals surface area contributed by atoms with E-state index in [0.717, 1.165) is 0 Å². The van der Waals surface area contributed by atoms with Crippen molar-refractivity contribution >= 4 is 40.9 Å². The monoisotopic (exact) mass is 331 g/mol. The summed E-state index contributed by atoms with van der Waals surface area (Å²) in [5.74, 6) is -0.433. The van der Waals surface area contributed by atoms with E-state index in [0.29, 0.717) is 17.1 Å². The Morgan fingerprint density at radius 3 is 2.81 bits per heavy atom. The van der Waals surface area contributed by atoms with Crippen LogP contribution in [0.4, 0.5) is 0 Å². The van der Waals surface area contributed by atoms with Gasteiger partial charge in [-0.05, 0) is 23.6 Å². The van der Waals surface area contributed by atoms with Crippen LogP contribution in [-0.2, 0) is 14.3 Å². The van der Waals surface area contributed by atoms with Crippen LogP contribution in [0.25, 0.3) is 0 Å². The first kappa shape index (κ1) is 17.5. The number of hydrazine groups is 1. The molecule has 2 amide bonds. The van der Waals surface area contributed by atoms with Gasteiger partial charge in [-0.3, -0.25) is 25.2 Å². The lowest BCUT2D eigenvalue weighted by molar-refractivity contribution is -0.142. The summed E-state index contributed by atoms with van der Waals surface area (Å²) in [7, 11) is 1.28. The second-order valence-electron chi connectivity index (χ2n) is 3.95. The first-order chi connectivity index (χ1) is 10.0. The van der Waals surface area contributed by atoms with Crippen LogP contribution in [0.5, 0.6) is 0 Å². The zero-order valence-electron chi connectivity index (χ0n) is 11.5. The molecule has 1 heterocycles. The van der Waals surface area contributed by atoms with Crippen LogP contribution in [0, 0.1) is 0 Å². The van der Waals surface area contributed by atoms with Crippen molar-refractivity contribution in [3.63, 3.8) is 0 Å². The molecular formula is C12H17N3O4S2. The fourth-order valence-corrected chi connectivity index (χ4v) is 2.72. The summed E-state index contributed by atoms with van der Waals surface area (Å²) in [6.07, 6.45) is 0.423. The summed E-state index contributed by atoms with van der Waals surface area (Å²) in [5.41, 5.74) is 10.2. The first-order valence-electron chi connectivity index (χ1n) is 6.08. The predicted molar refractivity (Wildman–Crippen MR) is 81.9 cm³/mol. The maximum Gasteiger partial charge on any atom is 0.322 e. The lowest BCUT2D eigenvalue weighted by Gasteiger charge is -2.09. The molecule has 4 N–H and O–H groups in total. The molecule has 0 saturated carbocycles. The van der Waals surface area contributed by atoms with Gasteiger partial charge in [0.25, 0.3) is 5.91 Å². The number of thiophene rings is 1.